The molecule has 0 fully saturated rings. The van der Waals surface area contributed by atoms with Crippen molar-refractivity contribution in [2.75, 3.05) is 12.4 Å². The Labute approximate surface area is 139 Å². The van der Waals surface area contributed by atoms with Gasteiger partial charge in [0.05, 0.1) is 11.6 Å². The molecule has 0 saturated carbocycles. The standard InChI is InChI=1S/C18H18BrNO2/c1-12-5-4-6-13(2)18(12)20-17(21)10-8-14-7-9-16(22-3)15(19)11-14/h4-11H,1-3H3,(H,20,21)/b10-8+. The molecule has 4 heteroatoms. The van der Waals surface area contributed by atoms with E-state index in [4.69, 9.17) is 4.74 Å². The molecule has 2 aromatic carbocycles. The highest BCUT2D eigenvalue weighted by Gasteiger charge is 2.05. The van der Waals surface area contributed by atoms with Crippen LogP contribution in [0, 0.1) is 13.8 Å². The molecule has 0 saturated heterocycles. The highest BCUT2D eigenvalue weighted by molar-refractivity contribution is 9.10. The molecule has 0 aliphatic carbocycles. The number of hydrogen-bond donors (Lipinski definition) is 1. The van der Waals surface area contributed by atoms with Crippen LogP contribution in [0.3, 0.4) is 0 Å². The van der Waals surface area contributed by atoms with E-state index in [2.05, 4.69) is 21.2 Å². The summed E-state index contributed by atoms with van der Waals surface area (Å²) in [6.07, 6.45) is 3.30. The van der Waals surface area contributed by atoms with Gasteiger partial charge in [-0.3, -0.25) is 4.79 Å². The van der Waals surface area contributed by atoms with Crippen molar-refractivity contribution in [3.05, 3.63) is 63.6 Å². The number of aryl methyl sites for hydroxylation is 2. The number of halogens is 1. The van der Waals surface area contributed by atoms with Crippen LogP contribution in [0.5, 0.6) is 5.75 Å². The fourth-order valence-electron chi connectivity index (χ4n) is 2.13. The van der Waals surface area contributed by atoms with Crippen molar-refractivity contribution in [1.82, 2.24) is 0 Å². The van der Waals surface area contributed by atoms with Gasteiger partial charge in [-0.1, -0.05) is 24.3 Å². The van der Waals surface area contributed by atoms with Crippen molar-refractivity contribution < 1.29 is 9.53 Å². The molecular formula is C18H18BrNO2. The maximum atomic E-state index is 12.1. The maximum Gasteiger partial charge on any atom is 0.248 e. The van der Waals surface area contributed by atoms with E-state index in [-0.39, 0.29) is 5.91 Å². The summed E-state index contributed by atoms with van der Waals surface area (Å²) in [5.74, 6) is 0.612. The minimum atomic E-state index is -0.149. The lowest BCUT2D eigenvalue weighted by Gasteiger charge is -2.09. The Balaban J connectivity index is 2.10. The van der Waals surface area contributed by atoms with Crippen molar-refractivity contribution in [2.45, 2.75) is 13.8 Å². The van der Waals surface area contributed by atoms with Crippen molar-refractivity contribution in [3.8, 4) is 5.75 Å². The SMILES string of the molecule is COc1ccc(/C=C/C(=O)Nc2c(C)cccc2C)cc1Br. The van der Waals surface area contributed by atoms with Crippen LogP contribution in [-0.2, 0) is 4.79 Å². The monoisotopic (exact) mass is 359 g/mol. The molecule has 1 amide bonds. The molecule has 3 nitrogen and oxygen atoms in total. The number of nitrogens with one attached hydrogen (secondary N) is 1. The van der Waals surface area contributed by atoms with E-state index in [0.29, 0.717) is 0 Å². The van der Waals surface area contributed by atoms with Crippen LogP contribution in [0.1, 0.15) is 16.7 Å². The molecule has 1 N–H and O–H groups in total. The Kier molecular flexibility index (Phi) is 5.39. The Morgan fingerprint density at radius 1 is 1.18 bits per heavy atom. The van der Waals surface area contributed by atoms with Crippen molar-refractivity contribution in [2.24, 2.45) is 0 Å². The third kappa shape index (κ3) is 3.98. The lowest BCUT2D eigenvalue weighted by molar-refractivity contribution is -0.111. The second kappa shape index (κ2) is 7.27. The number of ether oxygens (including phenoxy) is 1. The first-order chi connectivity index (χ1) is 10.5. The van der Waals surface area contributed by atoms with Gasteiger partial charge in [0.15, 0.2) is 0 Å². The van der Waals surface area contributed by atoms with Crippen LogP contribution in [0.4, 0.5) is 5.69 Å². The number of carbonyl (C=O) groups is 1. The highest BCUT2D eigenvalue weighted by atomic mass is 79.9. The Bertz CT molecular complexity index is 703. The molecule has 0 aliphatic rings. The maximum absolute atomic E-state index is 12.1. The van der Waals surface area contributed by atoms with E-state index in [1.165, 1.54) is 6.08 Å². The largest absolute Gasteiger partial charge is 0.496 e. The average molecular weight is 360 g/mol. The normalized spacial score (nSPS) is 10.7. The number of rotatable bonds is 4. The van der Waals surface area contributed by atoms with Gasteiger partial charge in [0.1, 0.15) is 5.75 Å². The van der Waals surface area contributed by atoms with Gasteiger partial charge in [-0.25, -0.2) is 0 Å². The second-order valence-electron chi connectivity index (χ2n) is 4.98. The molecule has 0 radical (unpaired) electrons. The number of carbonyl (C=O) groups excluding carboxylic acids is 1. The van der Waals surface area contributed by atoms with Gasteiger partial charge in [0.2, 0.25) is 5.91 Å². The summed E-state index contributed by atoms with van der Waals surface area (Å²) in [6.45, 7) is 3.96. The molecule has 0 atom stereocenters. The van der Waals surface area contributed by atoms with Crippen LogP contribution in [0.2, 0.25) is 0 Å². The van der Waals surface area contributed by atoms with Crippen molar-refractivity contribution in [1.29, 1.82) is 0 Å². The first-order valence-electron chi connectivity index (χ1n) is 6.90. The lowest BCUT2D eigenvalue weighted by Crippen LogP contribution is -2.10. The van der Waals surface area contributed by atoms with Crippen LogP contribution in [-0.4, -0.2) is 13.0 Å². The van der Waals surface area contributed by atoms with Gasteiger partial charge in [-0.15, -0.1) is 0 Å². The fraction of sp³-hybridized carbons (Fsp3) is 0.167. The third-order valence-electron chi connectivity index (χ3n) is 3.33. The molecule has 22 heavy (non-hydrogen) atoms. The van der Waals surface area contributed by atoms with Crippen molar-refractivity contribution >= 4 is 33.6 Å². The van der Waals surface area contributed by atoms with Crippen LogP contribution < -0.4 is 10.1 Å². The quantitative estimate of drug-likeness (QED) is 0.801. The number of hydrogen-bond acceptors (Lipinski definition) is 2. The fourth-order valence-corrected chi connectivity index (χ4v) is 2.69. The summed E-state index contributed by atoms with van der Waals surface area (Å²) in [5, 5.41) is 2.92. The van der Waals surface area contributed by atoms with E-state index in [1.807, 2.05) is 50.2 Å². The molecule has 0 spiro atoms. The first kappa shape index (κ1) is 16.3. The Morgan fingerprint density at radius 2 is 1.86 bits per heavy atom. The van der Waals surface area contributed by atoms with E-state index < -0.39 is 0 Å². The van der Waals surface area contributed by atoms with E-state index in [1.54, 1.807) is 13.2 Å². The predicted octanol–water partition coefficient (Wildman–Crippen LogP) is 4.73. The highest BCUT2D eigenvalue weighted by Crippen LogP contribution is 2.26. The summed E-state index contributed by atoms with van der Waals surface area (Å²) in [6, 6.07) is 11.6. The minimum Gasteiger partial charge on any atom is -0.496 e. The third-order valence-corrected chi connectivity index (χ3v) is 3.95. The van der Waals surface area contributed by atoms with Gasteiger partial charge >= 0.3 is 0 Å². The topological polar surface area (TPSA) is 38.3 Å². The van der Waals surface area contributed by atoms with E-state index >= 15 is 0 Å². The molecule has 2 rings (SSSR count). The molecule has 2 aromatic rings. The summed E-state index contributed by atoms with van der Waals surface area (Å²) in [7, 11) is 1.62. The predicted molar refractivity (Wildman–Crippen MR) is 94.3 cm³/mol. The zero-order chi connectivity index (χ0) is 16.1. The number of para-hydroxylation sites is 1. The second-order valence-corrected chi connectivity index (χ2v) is 5.84. The molecule has 0 bridgehead atoms. The van der Waals surface area contributed by atoms with Gasteiger partial charge in [0, 0.05) is 11.8 Å². The lowest BCUT2D eigenvalue weighted by atomic mass is 10.1. The van der Waals surface area contributed by atoms with Crippen molar-refractivity contribution in [3.63, 3.8) is 0 Å². The first-order valence-corrected chi connectivity index (χ1v) is 7.69. The molecule has 0 unspecified atom stereocenters. The van der Waals surface area contributed by atoms with Crippen LogP contribution in [0.15, 0.2) is 46.9 Å². The Hall–Kier alpha value is -2.07. The van der Waals surface area contributed by atoms with E-state index in [9.17, 15) is 4.79 Å². The zero-order valence-electron chi connectivity index (χ0n) is 12.8. The smallest absolute Gasteiger partial charge is 0.248 e. The minimum absolute atomic E-state index is 0.149. The molecule has 0 heterocycles. The summed E-state index contributed by atoms with van der Waals surface area (Å²) >= 11 is 3.43. The van der Waals surface area contributed by atoms with Gasteiger partial charge in [-0.2, -0.15) is 0 Å². The van der Waals surface area contributed by atoms with Crippen LogP contribution in [0.25, 0.3) is 6.08 Å². The van der Waals surface area contributed by atoms with E-state index in [0.717, 1.165) is 32.6 Å². The number of benzene rings is 2. The molecule has 0 aliphatic heterocycles. The summed E-state index contributed by atoms with van der Waals surface area (Å²) in [4.78, 5) is 12.1. The average Bonchev–Trinajstić information content (AvgIpc) is 2.49. The van der Waals surface area contributed by atoms with Gasteiger partial charge in [0.25, 0.3) is 0 Å². The Morgan fingerprint density at radius 3 is 2.45 bits per heavy atom. The number of amides is 1. The summed E-state index contributed by atoms with van der Waals surface area (Å²) < 4.78 is 6.03. The molecule has 0 aromatic heterocycles. The van der Waals surface area contributed by atoms with Gasteiger partial charge in [-0.05, 0) is 64.7 Å². The van der Waals surface area contributed by atoms with Gasteiger partial charge < -0.3 is 10.1 Å². The number of methoxy groups -OCH3 is 1. The summed E-state index contributed by atoms with van der Waals surface area (Å²) in [5.41, 5.74) is 3.89. The van der Waals surface area contributed by atoms with Crippen LogP contribution >= 0.6 is 15.9 Å². The molecule has 114 valence electrons. The zero-order valence-corrected chi connectivity index (χ0v) is 14.4. The molecular weight excluding hydrogens is 342 g/mol. The number of anilines is 1.